The molecule has 108 valence electrons. The van der Waals surface area contributed by atoms with Crippen molar-refractivity contribution in [1.82, 2.24) is 10.2 Å². The summed E-state index contributed by atoms with van der Waals surface area (Å²) in [6.07, 6.45) is 4.00. The summed E-state index contributed by atoms with van der Waals surface area (Å²) in [6, 6.07) is 6.47. The second kappa shape index (κ2) is 5.52. The highest BCUT2D eigenvalue weighted by Gasteiger charge is 2.44. The summed E-state index contributed by atoms with van der Waals surface area (Å²) in [5.74, 6) is 0.0723. The summed E-state index contributed by atoms with van der Waals surface area (Å²) >= 11 is 0. The lowest BCUT2D eigenvalue weighted by molar-refractivity contribution is -0.149. The first-order valence-corrected chi connectivity index (χ1v) is 7.44. The van der Waals surface area contributed by atoms with Gasteiger partial charge in [0.15, 0.2) is 0 Å². The summed E-state index contributed by atoms with van der Waals surface area (Å²) in [7, 11) is 0. The summed E-state index contributed by atoms with van der Waals surface area (Å²) in [5.41, 5.74) is 0.870. The Morgan fingerprint density at radius 3 is 2.55 bits per heavy atom. The Kier molecular flexibility index (Phi) is 3.74. The minimum atomic E-state index is -0.228. The molecule has 1 N–H and O–H groups in total. The van der Waals surface area contributed by atoms with Gasteiger partial charge in [-0.15, -0.1) is 0 Å². The second-order valence-corrected chi connectivity index (χ2v) is 5.99. The Hall–Kier alpha value is -1.42. The number of nitrogens with one attached hydrogen (secondary N) is 1. The van der Waals surface area contributed by atoms with Crippen LogP contribution in [0.2, 0.25) is 0 Å². The maximum absolute atomic E-state index is 12.9. The number of amides is 1. The smallest absolute Gasteiger partial charge is 0.229 e. The molecule has 1 aromatic carbocycles. The average Bonchev–Trinajstić information content (AvgIpc) is 2.47. The molecule has 2 saturated heterocycles. The van der Waals surface area contributed by atoms with Gasteiger partial charge in [0.1, 0.15) is 5.82 Å². The van der Waals surface area contributed by atoms with Crippen LogP contribution >= 0.6 is 0 Å². The van der Waals surface area contributed by atoms with Gasteiger partial charge in [-0.25, -0.2) is 4.39 Å². The maximum Gasteiger partial charge on any atom is 0.229 e. The fourth-order valence-electron chi connectivity index (χ4n) is 3.48. The third-order valence-corrected chi connectivity index (χ3v) is 4.67. The van der Waals surface area contributed by atoms with Crippen molar-refractivity contribution in [3.8, 4) is 0 Å². The first kappa shape index (κ1) is 13.6. The standard InChI is InChI=1S/C16H21FN2O/c17-14-4-2-13(3-5-14)12-19-11-1-6-16(15(19)20)7-9-18-10-8-16/h2-5,18H,1,6-12H2. The molecule has 3 nitrogen and oxygen atoms in total. The summed E-state index contributed by atoms with van der Waals surface area (Å²) in [4.78, 5) is 14.8. The van der Waals surface area contributed by atoms with E-state index in [0.29, 0.717) is 12.5 Å². The largest absolute Gasteiger partial charge is 0.338 e. The van der Waals surface area contributed by atoms with Crippen LogP contribution in [0, 0.1) is 11.2 Å². The Morgan fingerprint density at radius 1 is 1.15 bits per heavy atom. The van der Waals surface area contributed by atoms with Gasteiger partial charge in [0, 0.05) is 13.1 Å². The quantitative estimate of drug-likeness (QED) is 0.899. The molecule has 3 rings (SSSR count). The molecule has 2 aliphatic heterocycles. The lowest BCUT2D eigenvalue weighted by Gasteiger charge is -2.44. The van der Waals surface area contributed by atoms with E-state index >= 15 is 0 Å². The van der Waals surface area contributed by atoms with E-state index in [2.05, 4.69) is 5.32 Å². The van der Waals surface area contributed by atoms with Gasteiger partial charge in [-0.05, 0) is 56.5 Å². The molecule has 1 amide bonds. The molecule has 2 heterocycles. The number of benzene rings is 1. The van der Waals surface area contributed by atoms with E-state index in [1.165, 1.54) is 12.1 Å². The molecule has 0 unspecified atom stereocenters. The molecule has 0 aromatic heterocycles. The van der Waals surface area contributed by atoms with Gasteiger partial charge in [0.25, 0.3) is 0 Å². The van der Waals surface area contributed by atoms with Crippen LogP contribution in [-0.4, -0.2) is 30.4 Å². The highest BCUT2D eigenvalue weighted by atomic mass is 19.1. The second-order valence-electron chi connectivity index (χ2n) is 5.99. The van der Waals surface area contributed by atoms with Gasteiger partial charge in [0.2, 0.25) is 5.91 Å². The number of carbonyl (C=O) groups excluding carboxylic acids is 1. The van der Waals surface area contributed by atoms with E-state index in [-0.39, 0.29) is 11.2 Å². The molecule has 4 heteroatoms. The summed E-state index contributed by atoms with van der Waals surface area (Å²) in [6.45, 7) is 3.31. The maximum atomic E-state index is 12.9. The van der Waals surface area contributed by atoms with Crippen molar-refractivity contribution < 1.29 is 9.18 Å². The van der Waals surface area contributed by atoms with Crippen molar-refractivity contribution in [2.75, 3.05) is 19.6 Å². The van der Waals surface area contributed by atoms with Crippen molar-refractivity contribution >= 4 is 5.91 Å². The Balaban J connectivity index is 1.73. The van der Waals surface area contributed by atoms with E-state index in [1.54, 1.807) is 12.1 Å². The molecular formula is C16H21FN2O. The van der Waals surface area contributed by atoms with Crippen LogP contribution in [0.5, 0.6) is 0 Å². The lowest BCUT2D eigenvalue weighted by Crippen LogP contribution is -2.52. The SMILES string of the molecule is O=C1N(Cc2ccc(F)cc2)CCCC12CCNCC2. The topological polar surface area (TPSA) is 32.3 Å². The van der Waals surface area contributed by atoms with Crippen LogP contribution in [0.4, 0.5) is 4.39 Å². The normalized spacial score (nSPS) is 22.2. The highest BCUT2D eigenvalue weighted by Crippen LogP contribution is 2.39. The van der Waals surface area contributed by atoms with Gasteiger partial charge in [-0.3, -0.25) is 4.79 Å². The zero-order valence-electron chi connectivity index (χ0n) is 11.7. The van der Waals surface area contributed by atoms with E-state index in [1.807, 2.05) is 4.90 Å². The van der Waals surface area contributed by atoms with E-state index in [9.17, 15) is 9.18 Å². The van der Waals surface area contributed by atoms with Gasteiger partial charge in [-0.1, -0.05) is 12.1 Å². The fraction of sp³-hybridized carbons (Fsp3) is 0.562. The predicted molar refractivity (Wildman–Crippen MR) is 75.6 cm³/mol. The van der Waals surface area contributed by atoms with Crippen molar-refractivity contribution in [2.45, 2.75) is 32.2 Å². The van der Waals surface area contributed by atoms with Crippen LogP contribution in [0.3, 0.4) is 0 Å². The first-order chi connectivity index (χ1) is 9.70. The number of likely N-dealkylation sites (tertiary alicyclic amines) is 1. The van der Waals surface area contributed by atoms with Gasteiger partial charge >= 0.3 is 0 Å². The molecule has 0 atom stereocenters. The minimum Gasteiger partial charge on any atom is -0.338 e. The van der Waals surface area contributed by atoms with Gasteiger partial charge in [0.05, 0.1) is 5.41 Å². The number of rotatable bonds is 2. The van der Waals surface area contributed by atoms with Crippen LogP contribution < -0.4 is 5.32 Å². The van der Waals surface area contributed by atoms with Crippen LogP contribution in [0.15, 0.2) is 24.3 Å². The minimum absolute atomic E-state index is 0.135. The Morgan fingerprint density at radius 2 is 1.85 bits per heavy atom. The zero-order valence-corrected chi connectivity index (χ0v) is 11.7. The lowest BCUT2D eigenvalue weighted by atomic mass is 9.72. The van der Waals surface area contributed by atoms with E-state index in [0.717, 1.165) is 50.9 Å². The van der Waals surface area contributed by atoms with Crippen molar-refractivity contribution in [3.05, 3.63) is 35.6 Å². The van der Waals surface area contributed by atoms with E-state index in [4.69, 9.17) is 0 Å². The molecule has 2 fully saturated rings. The average molecular weight is 276 g/mol. The predicted octanol–water partition coefficient (Wildman–Crippen LogP) is 2.32. The third-order valence-electron chi connectivity index (χ3n) is 4.67. The van der Waals surface area contributed by atoms with Crippen molar-refractivity contribution in [3.63, 3.8) is 0 Å². The number of nitrogens with zero attached hydrogens (tertiary/aromatic N) is 1. The highest BCUT2D eigenvalue weighted by molar-refractivity contribution is 5.83. The molecular weight excluding hydrogens is 255 g/mol. The molecule has 0 radical (unpaired) electrons. The van der Waals surface area contributed by atoms with E-state index < -0.39 is 0 Å². The molecule has 1 aromatic rings. The molecule has 2 aliphatic rings. The number of hydrogen-bond donors (Lipinski definition) is 1. The van der Waals surface area contributed by atoms with Gasteiger partial charge in [-0.2, -0.15) is 0 Å². The molecule has 20 heavy (non-hydrogen) atoms. The van der Waals surface area contributed by atoms with Crippen molar-refractivity contribution in [2.24, 2.45) is 5.41 Å². The molecule has 0 bridgehead atoms. The number of piperidine rings is 2. The number of carbonyl (C=O) groups is 1. The first-order valence-electron chi connectivity index (χ1n) is 7.44. The van der Waals surface area contributed by atoms with Gasteiger partial charge < -0.3 is 10.2 Å². The van der Waals surface area contributed by atoms with Crippen LogP contribution in [0.1, 0.15) is 31.2 Å². The molecule has 0 aliphatic carbocycles. The van der Waals surface area contributed by atoms with Crippen LogP contribution in [-0.2, 0) is 11.3 Å². The Labute approximate surface area is 119 Å². The summed E-state index contributed by atoms with van der Waals surface area (Å²) in [5, 5.41) is 3.34. The fourth-order valence-corrected chi connectivity index (χ4v) is 3.48. The molecule has 0 saturated carbocycles. The number of hydrogen-bond acceptors (Lipinski definition) is 2. The van der Waals surface area contributed by atoms with Crippen molar-refractivity contribution in [1.29, 1.82) is 0 Å². The molecule has 1 spiro atoms. The van der Waals surface area contributed by atoms with Crippen LogP contribution in [0.25, 0.3) is 0 Å². The monoisotopic (exact) mass is 276 g/mol. The number of halogens is 1. The Bertz CT molecular complexity index is 474. The third kappa shape index (κ3) is 2.57. The summed E-state index contributed by atoms with van der Waals surface area (Å²) < 4.78 is 12.9. The zero-order chi connectivity index (χ0) is 14.0.